The van der Waals surface area contributed by atoms with E-state index in [0.717, 1.165) is 21.3 Å². The van der Waals surface area contributed by atoms with Gasteiger partial charge in [-0.05, 0) is 61.9 Å². The maximum Gasteiger partial charge on any atom is 0.234 e. The Hall–Kier alpha value is -2.81. The van der Waals surface area contributed by atoms with Crippen LogP contribution in [-0.4, -0.2) is 31.5 Å². The Labute approximate surface area is 209 Å². The van der Waals surface area contributed by atoms with Crippen LogP contribution in [0.3, 0.4) is 0 Å². The first-order chi connectivity index (χ1) is 15.8. The van der Waals surface area contributed by atoms with Crippen molar-refractivity contribution in [2.45, 2.75) is 19.0 Å². The largest absolute Gasteiger partial charge is 0.507 e. The minimum atomic E-state index is -0.190. The highest BCUT2D eigenvalue weighted by Crippen LogP contribution is 2.35. The number of aromatic hydroxyl groups is 1. The lowest BCUT2D eigenvalue weighted by Gasteiger charge is -2.14. The molecule has 0 aliphatic rings. The highest BCUT2D eigenvalue weighted by molar-refractivity contribution is 9.10. The zero-order valence-electron chi connectivity index (χ0n) is 17.8. The predicted octanol–water partition coefficient (Wildman–Crippen LogP) is 6.40. The third-order valence-electron chi connectivity index (χ3n) is 4.87. The fourth-order valence-corrected chi connectivity index (χ4v) is 4.69. The number of carbonyl (C=O) groups excluding carboxylic acids is 1. The van der Waals surface area contributed by atoms with Crippen molar-refractivity contribution < 1.29 is 9.90 Å². The van der Waals surface area contributed by atoms with Crippen LogP contribution in [0.1, 0.15) is 11.1 Å². The second-order valence-electron chi connectivity index (χ2n) is 7.44. The number of rotatable bonds is 6. The van der Waals surface area contributed by atoms with E-state index in [-0.39, 0.29) is 17.4 Å². The molecule has 0 atom stereocenters. The zero-order valence-corrected chi connectivity index (χ0v) is 21.0. The maximum absolute atomic E-state index is 12.6. The van der Waals surface area contributed by atoms with Gasteiger partial charge in [0.2, 0.25) is 5.91 Å². The Morgan fingerprint density at radius 3 is 2.70 bits per heavy atom. The molecule has 1 amide bonds. The van der Waals surface area contributed by atoms with Gasteiger partial charge in [-0.25, -0.2) is 0 Å². The summed E-state index contributed by atoms with van der Waals surface area (Å²) in [5.41, 5.74) is 4.19. The number of phenolic OH excluding ortho intramolecular Hbond substituents is 1. The summed E-state index contributed by atoms with van der Waals surface area (Å²) in [6.45, 7) is 4.03. The fourth-order valence-electron chi connectivity index (χ4n) is 3.39. The summed E-state index contributed by atoms with van der Waals surface area (Å²) >= 11 is 10.7. The van der Waals surface area contributed by atoms with Crippen LogP contribution in [-0.2, 0) is 4.79 Å². The summed E-state index contributed by atoms with van der Waals surface area (Å²) in [5, 5.41) is 23.1. The van der Waals surface area contributed by atoms with Crippen molar-refractivity contribution in [3.63, 3.8) is 0 Å². The van der Waals surface area contributed by atoms with E-state index in [4.69, 9.17) is 11.6 Å². The minimum absolute atomic E-state index is 0.0897. The van der Waals surface area contributed by atoms with E-state index in [9.17, 15) is 9.90 Å². The molecule has 1 heterocycles. The lowest BCUT2D eigenvalue weighted by molar-refractivity contribution is -0.113. The van der Waals surface area contributed by atoms with Gasteiger partial charge in [0, 0.05) is 15.2 Å². The summed E-state index contributed by atoms with van der Waals surface area (Å²) in [4.78, 5) is 12.6. The maximum atomic E-state index is 12.6. The quantitative estimate of drug-likeness (QED) is 0.275. The molecule has 0 saturated heterocycles. The Morgan fingerprint density at radius 1 is 1.12 bits per heavy atom. The smallest absolute Gasteiger partial charge is 0.234 e. The molecule has 6 nitrogen and oxygen atoms in total. The Balaban J connectivity index is 1.68. The summed E-state index contributed by atoms with van der Waals surface area (Å²) < 4.78 is 2.67. The number of aromatic nitrogens is 3. The molecule has 0 aliphatic carbocycles. The molecule has 4 rings (SSSR count). The van der Waals surface area contributed by atoms with Gasteiger partial charge < -0.3 is 10.4 Å². The van der Waals surface area contributed by atoms with Crippen LogP contribution in [0.4, 0.5) is 5.69 Å². The van der Waals surface area contributed by atoms with E-state index in [1.54, 1.807) is 42.5 Å². The summed E-state index contributed by atoms with van der Waals surface area (Å²) in [6.07, 6.45) is 0. The first kappa shape index (κ1) is 23.4. The van der Waals surface area contributed by atoms with Gasteiger partial charge in [-0.1, -0.05) is 63.1 Å². The number of nitrogens with zero attached hydrogens (tertiary/aromatic N) is 3. The second-order valence-corrected chi connectivity index (χ2v) is 9.73. The first-order valence-corrected chi connectivity index (χ1v) is 12.2. The second kappa shape index (κ2) is 9.99. The average molecular weight is 544 g/mol. The molecule has 0 aliphatic heterocycles. The molecule has 0 saturated carbocycles. The van der Waals surface area contributed by atoms with Gasteiger partial charge >= 0.3 is 0 Å². The summed E-state index contributed by atoms with van der Waals surface area (Å²) in [5.74, 6) is 0.509. The lowest BCUT2D eigenvalue weighted by atomic mass is 10.1. The highest BCUT2D eigenvalue weighted by Gasteiger charge is 2.21. The van der Waals surface area contributed by atoms with Crippen LogP contribution in [0.5, 0.6) is 5.75 Å². The number of hydrogen-bond acceptors (Lipinski definition) is 5. The number of phenols is 1. The van der Waals surface area contributed by atoms with E-state index in [0.29, 0.717) is 27.3 Å². The minimum Gasteiger partial charge on any atom is -0.507 e. The van der Waals surface area contributed by atoms with Crippen LogP contribution in [0.2, 0.25) is 5.02 Å². The van der Waals surface area contributed by atoms with Crippen molar-refractivity contribution in [3.8, 4) is 22.8 Å². The van der Waals surface area contributed by atoms with Gasteiger partial charge in [-0.3, -0.25) is 9.36 Å². The number of hydrogen-bond donors (Lipinski definition) is 2. The molecular formula is C24H20BrClN4O2S. The molecule has 168 valence electrons. The van der Waals surface area contributed by atoms with Crippen molar-refractivity contribution in [3.05, 3.63) is 81.3 Å². The summed E-state index contributed by atoms with van der Waals surface area (Å²) in [7, 11) is 0. The number of carbonyl (C=O) groups is 1. The molecule has 1 aromatic heterocycles. The van der Waals surface area contributed by atoms with Gasteiger partial charge in [0.15, 0.2) is 11.0 Å². The van der Waals surface area contributed by atoms with Gasteiger partial charge in [0.1, 0.15) is 5.75 Å². The first-order valence-electron chi connectivity index (χ1n) is 10.0. The lowest BCUT2D eigenvalue weighted by Crippen LogP contribution is -2.14. The molecule has 0 spiro atoms. The van der Waals surface area contributed by atoms with Crippen LogP contribution in [0, 0.1) is 13.8 Å². The molecule has 0 bridgehead atoms. The van der Waals surface area contributed by atoms with E-state index in [2.05, 4.69) is 37.5 Å². The third-order valence-corrected chi connectivity index (χ3v) is 6.52. The van der Waals surface area contributed by atoms with Crippen LogP contribution >= 0.6 is 39.3 Å². The number of amides is 1. The fraction of sp³-hybridized carbons (Fsp3) is 0.125. The van der Waals surface area contributed by atoms with E-state index >= 15 is 0 Å². The molecule has 9 heteroatoms. The van der Waals surface area contributed by atoms with Crippen LogP contribution < -0.4 is 5.32 Å². The van der Waals surface area contributed by atoms with Gasteiger partial charge in [0.05, 0.1) is 17.0 Å². The topological polar surface area (TPSA) is 80.0 Å². The van der Waals surface area contributed by atoms with E-state index < -0.39 is 0 Å². The number of aryl methyl sites for hydroxylation is 2. The highest BCUT2D eigenvalue weighted by atomic mass is 79.9. The van der Waals surface area contributed by atoms with Crippen molar-refractivity contribution in [1.29, 1.82) is 0 Å². The molecule has 0 radical (unpaired) electrons. The van der Waals surface area contributed by atoms with Gasteiger partial charge in [0.25, 0.3) is 0 Å². The Kier molecular flexibility index (Phi) is 7.07. The van der Waals surface area contributed by atoms with Crippen molar-refractivity contribution >= 4 is 50.9 Å². The van der Waals surface area contributed by atoms with E-state index in [1.165, 1.54) is 11.8 Å². The van der Waals surface area contributed by atoms with Crippen molar-refractivity contribution in [1.82, 2.24) is 14.8 Å². The molecule has 0 unspecified atom stereocenters. The molecule has 3 aromatic carbocycles. The van der Waals surface area contributed by atoms with Crippen LogP contribution in [0.15, 0.2) is 70.3 Å². The average Bonchev–Trinajstić information content (AvgIpc) is 3.17. The molecule has 2 N–H and O–H groups in total. The number of nitrogens with one attached hydrogen (secondary N) is 1. The van der Waals surface area contributed by atoms with Gasteiger partial charge in [-0.15, -0.1) is 10.2 Å². The standard InChI is InChI=1S/C24H20BrClN4O2S/c1-14-6-8-20(15(2)10-14)30-23(19-11-16(25)7-9-21(19)31)28-29-24(30)33-13-22(32)27-18-5-3-4-17(26)12-18/h3-12,31H,13H2,1-2H3,(H,27,32). The SMILES string of the molecule is Cc1ccc(-n2c(SCC(=O)Nc3cccc(Cl)c3)nnc2-c2cc(Br)ccc2O)c(C)c1. The van der Waals surface area contributed by atoms with Crippen LogP contribution in [0.25, 0.3) is 17.1 Å². The molecule has 0 fully saturated rings. The molecule has 33 heavy (non-hydrogen) atoms. The number of halogens is 2. The number of thioether (sulfide) groups is 1. The Morgan fingerprint density at radius 2 is 1.94 bits per heavy atom. The number of benzene rings is 3. The zero-order chi connectivity index (χ0) is 23.5. The predicted molar refractivity (Wildman–Crippen MR) is 136 cm³/mol. The van der Waals surface area contributed by atoms with Crippen molar-refractivity contribution in [2.75, 3.05) is 11.1 Å². The molecular weight excluding hydrogens is 524 g/mol. The Bertz CT molecular complexity index is 1340. The normalized spacial score (nSPS) is 10.9. The number of anilines is 1. The van der Waals surface area contributed by atoms with Gasteiger partial charge in [-0.2, -0.15) is 0 Å². The third kappa shape index (κ3) is 5.40. The molecule has 4 aromatic rings. The van der Waals surface area contributed by atoms with E-state index in [1.807, 2.05) is 30.5 Å². The van der Waals surface area contributed by atoms with Crippen molar-refractivity contribution in [2.24, 2.45) is 0 Å². The monoisotopic (exact) mass is 542 g/mol. The summed E-state index contributed by atoms with van der Waals surface area (Å²) in [6, 6.07) is 18.2.